The second kappa shape index (κ2) is 15.9. The van der Waals surface area contributed by atoms with Crippen LogP contribution in [0.15, 0.2) is 120 Å². The smallest absolute Gasteiger partial charge is 0.323 e. The number of carbonyl (C=O) groups excluding carboxylic acids is 2. The molecule has 0 bridgehead atoms. The molecule has 0 aliphatic carbocycles. The second-order valence-corrected chi connectivity index (χ2v) is 12.1. The molecule has 0 aliphatic heterocycles. The fraction of sp³-hybridized carbons (Fsp3) is 0.146. The lowest BCUT2D eigenvalue weighted by Gasteiger charge is -2.21. The molecule has 2 amide bonds. The number of carbonyl (C=O) groups is 3. The van der Waals surface area contributed by atoms with Crippen LogP contribution in [0, 0.1) is 6.92 Å². The van der Waals surface area contributed by atoms with E-state index in [4.69, 9.17) is 14.0 Å². The van der Waals surface area contributed by atoms with Gasteiger partial charge < -0.3 is 29.3 Å². The summed E-state index contributed by atoms with van der Waals surface area (Å²) in [4.78, 5) is 43.7. The van der Waals surface area contributed by atoms with Crippen LogP contribution in [0.4, 0.5) is 5.69 Å². The third-order valence-corrected chi connectivity index (χ3v) is 8.33. The fourth-order valence-electron chi connectivity index (χ4n) is 5.59. The Bertz CT molecular complexity index is 2160. The molecule has 2 N–H and O–H groups in total. The molecule has 0 fully saturated rings. The van der Waals surface area contributed by atoms with Crippen molar-refractivity contribution in [3.05, 3.63) is 138 Å². The molecule has 0 saturated carbocycles. The molecule has 11 heteroatoms. The van der Waals surface area contributed by atoms with Crippen LogP contribution in [-0.2, 0) is 22.6 Å². The van der Waals surface area contributed by atoms with Gasteiger partial charge in [-0.15, -0.1) is 0 Å². The quantitative estimate of drug-likeness (QED) is 0.127. The molecule has 52 heavy (non-hydrogen) atoms. The third kappa shape index (κ3) is 8.69. The predicted octanol–water partition coefficient (Wildman–Crippen LogP) is 7.30. The largest absolute Gasteiger partial charge is 0.497 e. The molecule has 6 rings (SSSR count). The number of ether oxygens (including phenoxy) is 2. The number of nitrogens with zero attached hydrogens (tertiary/aromatic N) is 3. The minimum absolute atomic E-state index is 0.0543. The molecule has 11 nitrogen and oxygen atoms in total. The van der Waals surface area contributed by atoms with Crippen LogP contribution in [-0.4, -0.2) is 58.7 Å². The van der Waals surface area contributed by atoms with Crippen LogP contribution in [0.3, 0.4) is 0 Å². The molecule has 6 aromatic rings. The first-order valence-electron chi connectivity index (χ1n) is 16.4. The van der Waals surface area contributed by atoms with Gasteiger partial charge in [-0.25, -0.2) is 0 Å². The van der Waals surface area contributed by atoms with Crippen molar-refractivity contribution in [2.75, 3.05) is 26.1 Å². The summed E-state index contributed by atoms with van der Waals surface area (Å²) in [7, 11) is 3.07. The lowest BCUT2D eigenvalue weighted by molar-refractivity contribution is -0.137. The Morgan fingerprint density at radius 1 is 0.731 bits per heavy atom. The first-order valence-corrected chi connectivity index (χ1v) is 16.4. The number of aliphatic carboxylic acids is 1. The van der Waals surface area contributed by atoms with Crippen molar-refractivity contribution in [2.24, 2.45) is 0 Å². The first kappa shape index (κ1) is 35.1. The van der Waals surface area contributed by atoms with Gasteiger partial charge in [0.1, 0.15) is 18.0 Å². The molecule has 0 aliphatic rings. The van der Waals surface area contributed by atoms with Crippen LogP contribution in [0.1, 0.15) is 27.0 Å². The van der Waals surface area contributed by atoms with E-state index in [1.165, 1.54) is 24.7 Å². The average Bonchev–Trinajstić information content (AvgIpc) is 3.65. The first-order chi connectivity index (χ1) is 25.2. The summed E-state index contributed by atoms with van der Waals surface area (Å²) in [5.41, 5.74) is 7.08. The van der Waals surface area contributed by atoms with E-state index >= 15 is 0 Å². The van der Waals surface area contributed by atoms with Crippen molar-refractivity contribution >= 4 is 23.5 Å². The Hall–Kier alpha value is -6.75. The maximum absolute atomic E-state index is 13.4. The zero-order valence-electron chi connectivity index (χ0n) is 28.8. The highest BCUT2D eigenvalue weighted by Crippen LogP contribution is 2.27. The molecule has 262 valence electrons. The lowest BCUT2D eigenvalue weighted by Crippen LogP contribution is -2.35. The van der Waals surface area contributed by atoms with Crippen LogP contribution in [0.2, 0.25) is 0 Å². The van der Waals surface area contributed by atoms with Gasteiger partial charge in [-0.3, -0.25) is 14.4 Å². The highest BCUT2D eigenvalue weighted by atomic mass is 16.5. The maximum Gasteiger partial charge on any atom is 0.323 e. The number of hydrogen-bond acceptors (Lipinski definition) is 8. The summed E-state index contributed by atoms with van der Waals surface area (Å²) < 4.78 is 16.1. The van der Waals surface area contributed by atoms with E-state index < -0.39 is 18.4 Å². The molecule has 5 aromatic carbocycles. The van der Waals surface area contributed by atoms with Crippen LogP contribution in [0.25, 0.3) is 34.0 Å². The van der Waals surface area contributed by atoms with Gasteiger partial charge in [0.15, 0.2) is 0 Å². The van der Waals surface area contributed by atoms with E-state index in [1.54, 1.807) is 66.7 Å². The summed E-state index contributed by atoms with van der Waals surface area (Å²) in [6.45, 7) is 1.61. The van der Waals surface area contributed by atoms with Crippen molar-refractivity contribution in [3.8, 4) is 45.5 Å². The predicted molar refractivity (Wildman–Crippen MR) is 196 cm³/mol. The number of rotatable bonds is 13. The summed E-state index contributed by atoms with van der Waals surface area (Å²) in [6.07, 6.45) is 0.0794. The van der Waals surface area contributed by atoms with Gasteiger partial charge in [-0.2, -0.15) is 4.98 Å². The fourth-order valence-corrected chi connectivity index (χ4v) is 5.59. The number of carboxylic acid groups (broad SMARTS) is 1. The number of hydrogen-bond donors (Lipinski definition) is 2. The van der Waals surface area contributed by atoms with Crippen LogP contribution in [0.5, 0.6) is 11.5 Å². The standard InChI is InChI=1S/C41H36N4O7/c1-26-4-8-29(9-5-26)30-12-14-32(15-13-30)40-43-39(44-52-40)31-10-6-27(7-11-31)24-45(25-38(47)48)41(49)33-16-18-34(19-17-33)42-37(46)22-28-20-35(50-2)23-36(21-28)51-3/h4-21,23H,22,24-25H2,1-3H3,(H,42,46)(H,47,48). The van der Waals surface area contributed by atoms with Crippen LogP contribution < -0.4 is 14.8 Å². The van der Waals surface area contributed by atoms with E-state index in [0.29, 0.717) is 45.6 Å². The number of aromatic nitrogens is 2. The molecule has 0 radical (unpaired) electrons. The van der Waals surface area contributed by atoms with Gasteiger partial charge in [0.2, 0.25) is 11.7 Å². The highest BCUT2D eigenvalue weighted by Gasteiger charge is 2.20. The van der Waals surface area contributed by atoms with Crippen molar-refractivity contribution in [1.82, 2.24) is 15.0 Å². The van der Waals surface area contributed by atoms with E-state index in [-0.39, 0.29) is 24.4 Å². The molecule has 0 spiro atoms. The molecule has 1 aromatic heterocycles. The van der Waals surface area contributed by atoms with Gasteiger partial charge in [0.25, 0.3) is 11.8 Å². The highest BCUT2D eigenvalue weighted by molar-refractivity contribution is 5.97. The van der Waals surface area contributed by atoms with Crippen molar-refractivity contribution in [3.63, 3.8) is 0 Å². The molecule has 0 unspecified atom stereocenters. The van der Waals surface area contributed by atoms with E-state index in [9.17, 15) is 19.5 Å². The Morgan fingerprint density at radius 2 is 1.31 bits per heavy atom. The summed E-state index contributed by atoms with van der Waals surface area (Å²) >= 11 is 0. The average molecular weight is 697 g/mol. The molecule has 0 atom stereocenters. The molecular weight excluding hydrogens is 660 g/mol. The Kier molecular flexibility index (Phi) is 10.7. The number of anilines is 1. The van der Waals surface area contributed by atoms with Crippen molar-refractivity contribution < 1.29 is 33.5 Å². The van der Waals surface area contributed by atoms with E-state index in [0.717, 1.165) is 16.7 Å². The molecule has 1 heterocycles. The van der Waals surface area contributed by atoms with Gasteiger partial charge >= 0.3 is 5.97 Å². The molecular formula is C41H36N4O7. The topological polar surface area (TPSA) is 144 Å². The number of benzene rings is 5. The Balaban J connectivity index is 1.08. The summed E-state index contributed by atoms with van der Waals surface area (Å²) in [6, 6.07) is 34.9. The number of nitrogens with one attached hydrogen (secondary N) is 1. The summed E-state index contributed by atoms with van der Waals surface area (Å²) in [5, 5.41) is 16.5. The summed E-state index contributed by atoms with van der Waals surface area (Å²) in [5.74, 6) is 0.0518. The zero-order chi connectivity index (χ0) is 36.6. The Labute approximate surface area is 300 Å². The van der Waals surface area contributed by atoms with E-state index in [1.807, 2.05) is 24.3 Å². The second-order valence-electron chi connectivity index (χ2n) is 12.1. The number of carboxylic acids is 1. The third-order valence-electron chi connectivity index (χ3n) is 8.33. The number of aryl methyl sites for hydroxylation is 1. The zero-order valence-corrected chi connectivity index (χ0v) is 28.8. The lowest BCUT2D eigenvalue weighted by atomic mass is 10.0. The van der Waals surface area contributed by atoms with Gasteiger partial charge in [-0.1, -0.05) is 71.4 Å². The number of amides is 2. The van der Waals surface area contributed by atoms with Gasteiger partial charge in [0.05, 0.1) is 20.6 Å². The van der Waals surface area contributed by atoms with Gasteiger partial charge in [-0.05, 0) is 77.7 Å². The number of methoxy groups -OCH3 is 2. The molecule has 0 saturated heterocycles. The maximum atomic E-state index is 13.4. The van der Waals surface area contributed by atoms with Crippen LogP contribution >= 0.6 is 0 Å². The SMILES string of the molecule is COc1cc(CC(=O)Nc2ccc(C(=O)N(CC(=O)O)Cc3ccc(-c4noc(-c5ccc(-c6ccc(C)cc6)cc5)n4)cc3)cc2)cc(OC)c1. The monoisotopic (exact) mass is 696 g/mol. The normalized spacial score (nSPS) is 10.8. The van der Waals surface area contributed by atoms with Crippen molar-refractivity contribution in [2.45, 2.75) is 19.9 Å². The minimum atomic E-state index is -1.14. The van der Waals surface area contributed by atoms with Gasteiger partial charge in [0, 0.05) is 35.0 Å². The Morgan fingerprint density at radius 3 is 1.90 bits per heavy atom. The van der Waals surface area contributed by atoms with E-state index in [2.05, 4.69) is 46.6 Å². The minimum Gasteiger partial charge on any atom is -0.497 e. The van der Waals surface area contributed by atoms with Crippen molar-refractivity contribution in [1.29, 1.82) is 0 Å².